The maximum atomic E-state index is 6.19. The van der Waals surface area contributed by atoms with E-state index in [2.05, 4.69) is 5.32 Å². The first-order chi connectivity index (χ1) is 8.74. The maximum Gasteiger partial charge on any atom is 0.142 e. The number of methoxy groups -OCH3 is 2. The molecular formula is C13H17ClNO3. The fourth-order valence-electron chi connectivity index (χ4n) is 1.89. The van der Waals surface area contributed by atoms with Crippen molar-refractivity contribution in [2.45, 2.75) is 17.8 Å². The molecule has 1 radical (unpaired) electrons. The molecule has 0 spiro atoms. The van der Waals surface area contributed by atoms with Gasteiger partial charge in [-0.15, -0.1) is 11.6 Å². The molecule has 1 heterocycles. The van der Waals surface area contributed by atoms with Crippen LogP contribution in [0.2, 0.25) is 0 Å². The summed E-state index contributed by atoms with van der Waals surface area (Å²) in [6, 6.07) is 5.75. The Bertz CT molecular complexity index is 400. The second-order valence-electron chi connectivity index (χ2n) is 4.06. The van der Waals surface area contributed by atoms with Crippen molar-refractivity contribution in [2.24, 2.45) is 0 Å². The summed E-state index contributed by atoms with van der Waals surface area (Å²) in [7, 11) is 3.28. The quantitative estimate of drug-likeness (QED) is 0.854. The first-order valence-corrected chi connectivity index (χ1v) is 6.26. The van der Waals surface area contributed by atoms with Crippen LogP contribution in [0.25, 0.3) is 0 Å². The molecule has 0 aromatic heterocycles. The van der Waals surface area contributed by atoms with Gasteiger partial charge in [0.25, 0.3) is 0 Å². The first-order valence-electron chi connectivity index (χ1n) is 5.82. The second-order valence-corrected chi connectivity index (χ2v) is 4.56. The van der Waals surface area contributed by atoms with E-state index in [4.69, 9.17) is 25.8 Å². The largest absolute Gasteiger partial charge is 0.497 e. The van der Waals surface area contributed by atoms with Gasteiger partial charge in [0.1, 0.15) is 18.1 Å². The Morgan fingerprint density at radius 2 is 2.17 bits per heavy atom. The molecule has 4 nitrogen and oxygen atoms in total. The molecule has 0 amide bonds. The van der Waals surface area contributed by atoms with Gasteiger partial charge in [-0.25, -0.2) is 0 Å². The molecule has 2 unspecified atom stereocenters. The summed E-state index contributed by atoms with van der Waals surface area (Å²) in [5, 5.41) is 3.22. The van der Waals surface area contributed by atoms with Crippen molar-refractivity contribution in [3.8, 4) is 11.5 Å². The maximum absolute atomic E-state index is 6.19. The summed E-state index contributed by atoms with van der Waals surface area (Å²) in [5.41, 5.74) is 0.878. The van der Waals surface area contributed by atoms with E-state index in [0.717, 1.165) is 23.6 Å². The van der Waals surface area contributed by atoms with Crippen molar-refractivity contribution in [2.75, 3.05) is 26.1 Å². The van der Waals surface area contributed by atoms with Crippen LogP contribution in [0, 0.1) is 6.61 Å². The van der Waals surface area contributed by atoms with Crippen molar-refractivity contribution in [3.63, 3.8) is 0 Å². The van der Waals surface area contributed by atoms with Crippen LogP contribution in [0.4, 0.5) is 5.69 Å². The Morgan fingerprint density at radius 1 is 1.33 bits per heavy atom. The smallest absolute Gasteiger partial charge is 0.142 e. The minimum Gasteiger partial charge on any atom is -0.497 e. The predicted molar refractivity (Wildman–Crippen MR) is 71.5 cm³/mol. The molecule has 2 rings (SSSR count). The molecule has 0 bridgehead atoms. The minimum atomic E-state index is -0.158. The fourth-order valence-corrected chi connectivity index (χ4v) is 2.15. The number of ether oxygens (including phenoxy) is 3. The van der Waals surface area contributed by atoms with Crippen molar-refractivity contribution < 1.29 is 14.2 Å². The monoisotopic (exact) mass is 270 g/mol. The molecule has 1 aliphatic rings. The zero-order valence-corrected chi connectivity index (χ0v) is 11.2. The number of halogens is 1. The summed E-state index contributed by atoms with van der Waals surface area (Å²) < 4.78 is 15.7. The Labute approximate surface area is 112 Å². The van der Waals surface area contributed by atoms with E-state index in [1.807, 2.05) is 18.2 Å². The Kier molecular flexibility index (Phi) is 4.55. The van der Waals surface area contributed by atoms with Gasteiger partial charge in [0, 0.05) is 18.7 Å². The van der Waals surface area contributed by atoms with E-state index in [0.29, 0.717) is 6.61 Å². The highest BCUT2D eigenvalue weighted by molar-refractivity contribution is 6.22. The number of rotatable bonds is 4. The van der Waals surface area contributed by atoms with Gasteiger partial charge in [0.15, 0.2) is 0 Å². The molecule has 1 aliphatic heterocycles. The Balaban J connectivity index is 2.15. The molecule has 5 heteroatoms. The van der Waals surface area contributed by atoms with Crippen LogP contribution in [0.1, 0.15) is 6.42 Å². The molecule has 1 N–H and O–H groups in total. The van der Waals surface area contributed by atoms with Gasteiger partial charge in [0.05, 0.1) is 25.3 Å². The molecular weight excluding hydrogens is 254 g/mol. The van der Waals surface area contributed by atoms with Crippen molar-refractivity contribution >= 4 is 17.3 Å². The van der Waals surface area contributed by atoms with E-state index in [9.17, 15) is 0 Å². The summed E-state index contributed by atoms with van der Waals surface area (Å²) >= 11 is 6.19. The second kappa shape index (κ2) is 6.16. The van der Waals surface area contributed by atoms with Crippen LogP contribution in [-0.2, 0) is 4.74 Å². The van der Waals surface area contributed by atoms with Gasteiger partial charge < -0.3 is 19.5 Å². The molecule has 99 valence electrons. The fraction of sp³-hybridized carbons (Fsp3) is 0.462. The van der Waals surface area contributed by atoms with Gasteiger partial charge in [-0.05, 0) is 18.6 Å². The van der Waals surface area contributed by atoms with Crippen LogP contribution in [0.15, 0.2) is 18.2 Å². The number of anilines is 1. The molecule has 2 atom stereocenters. The van der Waals surface area contributed by atoms with E-state index in [1.165, 1.54) is 0 Å². The van der Waals surface area contributed by atoms with Crippen molar-refractivity contribution in [1.82, 2.24) is 0 Å². The molecule has 18 heavy (non-hydrogen) atoms. The molecule has 0 saturated carbocycles. The van der Waals surface area contributed by atoms with Gasteiger partial charge in [-0.3, -0.25) is 0 Å². The third-order valence-electron chi connectivity index (χ3n) is 2.90. The van der Waals surface area contributed by atoms with Crippen LogP contribution in [0.5, 0.6) is 11.5 Å². The number of hydrogen-bond acceptors (Lipinski definition) is 4. The SMILES string of the molecule is COc1ccc(OC)c(NC2CCO[CH]C2Cl)c1. The van der Waals surface area contributed by atoms with Gasteiger partial charge in [0.2, 0.25) is 0 Å². The number of benzene rings is 1. The number of hydrogen-bond donors (Lipinski definition) is 1. The van der Waals surface area contributed by atoms with E-state index in [1.54, 1.807) is 20.8 Å². The topological polar surface area (TPSA) is 39.7 Å². The van der Waals surface area contributed by atoms with Gasteiger partial charge in [-0.1, -0.05) is 0 Å². The minimum absolute atomic E-state index is 0.126. The van der Waals surface area contributed by atoms with Crippen LogP contribution in [-0.4, -0.2) is 32.2 Å². The van der Waals surface area contributed by atoms with Crippen LogP contribution >= 0.6 is 11.6 Å². The van der Waals surface area contributed by atoms with E-state index in [-0.39, 0.29) is 11.4 Å². The normalized spacial score (nSPS) is 23.5. The summed E-state index contributed by atoms with van der Waals surface area (Å²) in [6.07, 6.45) is 0.852. The zero-order chi connectivity index (χ0) is 13.0. The highest BCUT2D eigenvalue weighted by Gasteiger charge is 2.25. The zero-order valence-electron chi connectivity index (χ0n) is 10.5. The average Bonchev–Trinajstić information content (AvgIpc) is 2.41. The lowest BCUT2D eigenvalue weighted by atomic mass is 10.1. The molecule has 1 saturated heterocycles. The third kappa shape index (κ3) is 3.00. The summed E-state index contributed by atoms with van der Waals surface area (Å²) in [6.45, 7) is 2.34. The first kappa shape index (κ1) is 13.3. The predicted octanol–water partition coefficient (Wildman–Crippen LogP) is 2.67. The van der Waals surface area contributed by atoms with Crippen molar-refractivity contribution in [1.29, 1.82) is 0 Å². The van der Waals surface area contributed by atoms with Gasteiger partial charge >= 0.3 is 0 Å². The lowest BCUT2D eigenvalue weighted by Gasteiger charge is -2.29. The molecule has 1 aromatic rings. The molecule has 1 aromatic carbocycles. The average molecular weight is 271 g/mol. The van der Waals surface area contributed by atoms with Gasteiger partial charge in [-0.2, -0.15) is 0 Å². The summed E-state index contributed by atoms with van der Waals surface area (Å²) in [5.74, 6) is 1.55. The lowest BCUT2D eigenvalue weighted by Crippen LogP contribution is -2.36. The molecule has 0 aliphatic carbocycles. The Hall–Kier alpha value is -1.13. The highest BCUT2D eigenvalue weighted by atomic mass is 35.5. The number of alkyl halides is 1. The van der Waals surface area contributed by atoms with Crippen LogP contribution in [0.3, 0.4) is 0 Å². The Morgan fingerprint density at radius 3 is 2.83 bits per heavy atom. The summed E-state index contributed by atoms with van der Waals surface area (Å²) in [4.78, 5) is 0. The van der Waals surface area contributed by atoms with E-state index < -0.39 is 0 Å². The molecule has 1 fully saturated rings. The third-order valence-corrected chi connectivity index (χ3v) is 3.31. The van der Waals surface area contributed by atoms with E-state index >= 15 is 0 Å². The standard InChI is InChI=1S/C13H17ClNO3/c1-16-9-3-4-13(17-2)12(7-9)15-11-5-6-18-8-10(11)14/h3-4,7-8,10-11,15H,5-6H2,1-2H3. The van der Waals surface area contributed by atoms with Crippen LogP contribution < -0.4 is 14.8 Å². The highest BCUT2D eigenvalue weighted by Crippen LogP contribution is 2.31. The number of nitrogens with one attached hydrogen (secondary N) is 1. The lowest BCUT2D eigenvalue weighted by molar-refractivity contribution is 0.151. The van der Waals surface area contributed by atoms with Crippen molar-refractivity contribution in [3.05, 3.63) is 24.8 Å².